The van der Waals surface area contributed by atoms with Gasteiger partial charge in [-0.3, -0.25) is 9.59 Å². The first-order chi connectivity index (χ1) is 9.82. The van der Waals surface area contributed by atoms with Gasteiger partial charge in [0.2, 0.25) is 5.78 Å². The van der Waals surface area contributed by atoms with Gasteiger partial charge in [0.1, 0.15) is 23.0 Å². The summed E-state index contributed by atoms with van der Waals surface area (Å²) >= 11 is 0. The number of ketones is 2. The van der Waals surface area contributed by atoms with Crippen LogP contribution in [0.5, 0.6) is 23.0 Å². The van der Waals surface area contributed by atoms with Crippen molar-refractivity contribution in [1.82, 2.24) is 0 Å². The van der Waals surface area contributed by atoms with Crippen molar-refractivity contribution in [2.45, 2.75) is 6.92 Å². The maximum Gasteiger partial charge on any atom is 0.201 e. The molecule has 0 bridgehead atoms. The molecule has 0 unspecified atom stereocenters. The topological polar surface area (TPSA) is 115 Å². The van der Waals surface area contributed by atoms with Gasteiger partial charge in [-0.2, -0.15) is 0 Å². The highest BCUT2D eigenvalue weighted by molar-refractivity contribution is 6.30. The van der Waals surface area contributed by atoms with Crippen LogP contribution < -0.4 is 0 Å². The molecule has 0 spiro atoms. The summed E-state index contributed by atoms with van der Waals surface area (Å²) in [5, 5.41) is 39.0. The zero-order valence-corrected chi connectivity index (χ0v) is 10.8. The smallest absolute Gasteiger partial charge is 0.201 e. The molecule has 21 heavy (non-hydrogen) atoms. The van der Waals surface area contributed by atoms with Crippen molar-refractivity contribution in [3.63, 3.8) is 0 Å². The molecule has 4 N–H and O–H groups in total. The molecule has 2 aromatic carbocycles. The fraction of sp³-hybridized carbons (Fsp3) is 0.0667. The summed E-state index contributed by atoms with van der Waals surface area (Å²) < 4.78 is 0. The Kier molecular flexibility index (Phi) is 2.47. The van der Waals surface area contributed by atoms with Gasteiger partial charge >= 0.3 is 0 Å². The van der Waals surface area contributed by atoms with E-state index in [2.05, 4.69) is 0 Å². The van der Waals surface area contributed by atoms with Crippen LogP contribution in [0.3, 0.4) is 0 Å². The van der Waals surface area contributed by atoms with Crippen LogP contribution in [0, 0.1) is 6.92 Å². The number of hydrogen-bond acceptors (Lipinski definition) is 6. The zero-order chi connectivity index (χ0) is 15.5. The van der Waals surface area contributed by atoms with Gasteiger partial charge < -0.3 is 20.4 Å². The van der Waals surface area contributed by atoms with E-state index >= 15 is 0 Å². The third-order valence-corrected chi connectivity index (χ3v) is 3.57. The maximum atomic E-state index is 12.4. The molecule has 0 heterocycles. The van der Waals surface area contributed by atoms with E-state index in [-0.39, 0.29) is 39.3 Å². The van der Waals surface area contributed by atoms with Crippen molar-refractivity contribution >= 4 is 11.6 Å². The van der Waals surface area contributed by atoms with Gasteiger partial charge in [-0.1, -0.05) is 0 Å². The summed E-state index contributed by atoms with van der Waals surface area (Å²) in [6.07, 6.45) is 0. The van der Waals surface area contributed by atoms with Gasteiger partial charge in [-0.05, 0) is 19.1 Å². The van der Waals surface area contributed by atoms with Crippen LogP contribution in [0.15, 0.2) is 18.2 Å². The molecule has 2 aromatic rings. The average molecular weight is 286 g/mol. The standard InChI is InChI=1S/C15H10O6/c1-5-9(17)4-8-12(13(5)19)15(21)11-7(14(8)20)2-6(16)3-10(11)18/h2-4,16-19H,1H3. The molecule has 1 aliphatic rings. The van der Waals surface area contributed by atoms with Crippen molar-refractivity contribution < 1.29 is 30.0 Å². The van der Waals surface area contributed by atoms with E-state index in [1.54, 1.807) is 0 Å². The molecule has 0 saturated heterocycles. The van der Waals surface area contributed by atoms with Gasteiger partial charge in [-0.15, -0.1) is 0 Å². The number of aromatic hydroxyl groups is 4. The summed E-state index contributed by atoms with van der Waals surface area (Å²) in [7, 11) is 0. The molecule has 106 valence electrons. The minimum Gasteiger partial charge on any atom is -0.508 e. The predicted octanol–water partition coefficient (Wildman–Crippen LogP) is 1.59. The number of phenols is 4. The molecule has 0 saturated carbocycles. The van der Waals surface area contributed by atoms with Crippen LogP contribution >= 0.6 is 0 Å². The molecule has 6 heteroatoms. The first-order valence-electron chi connectivity index (χ1n) is 6.03. The average Bonchev–Trinajstić information content (AvgIpc) is 2.41. The van der Waals surface area contributed by atoms with E-state index in [0.29, 0.717) is 0 Å². The number of phenolic OH excluding ortho intramolecular Hbond substituents is 4. The predicted molar refractivity (Wildman–Crippen MR) is 71.1 cm³/mol. The summed E-state index contributed by atoms with van der Waals surface area (Å²) in [5.74, 6) is -3.13. The van der Waals surface area contributed by atoms with Gasteiger partial charge in [0.25, 0.3) is 0 Å². The summed E-state index contributed by atoms with van der Waals surface area (Å²) in [6, 6.07) is 3.10. The number of hydrogen-bond donors (Lipinski definition) is 4. The van der Waals surface area contributed by atoms with E-state index in [4.69, 9.17) is 0 Å². The molecule has 0 aromatic heterocycles. The maximum absolute atomic E-state index is 12.4. The molecule has 0 aliphatic heterocycles. The Labute approximate surface area is 118 Å². The summed E-state index contributed by atoms with van der Waals surface area (Å²) in [5.41, 5.74) is -0.808. The Morgan fingerprint density at radius 3 is 2.05 bits per heavy atom. The van der Waals surface area contributed by atoms with E-state index in [0.717, 1.165) is 18.2 Å². The lowest BCUT2D eigenvalue weighted by Gasteiger charge is -2.20. The molecular formula is C15H10O6. The summed E-state index contributed by atoms with van der Waals surface area (Å²) in [6.45, 7) is 1.40. The molecule has 0 radical (unpaired) electrons. The highest BCUT2D eigenvalue weighted by Crippen LogP contribution is 2.42. The highest BCUT2D eigenvalue weighted by atomic mass is 16.3. The zero-order valence-electron chi connectivity index (χ0n) is 10.8. The molecule has 0 atom stereocenters. The van der Waals surface area contributed by atoms with Crippen molar-refractivity contribution in [2.24, 2.45) is 0 Å². The van der Waals surface area contributed by atoms with Crippen molar-refractivity contribution in [3.05, 3.63) is 46.0 Å². The van der Waals surface area contributed by atoms with Gasteiger partial charge in [0.05, 0.1) is 11.1 Å². The second kappa shape index (κ2) is 3.99. The van der Waals surface area contributed by atoms with Crippen LogP contribution in [0.1, 0.15) is 37.4 Å². The Morgan fingerprint density at radius 2 is 1.38 bits per heavy atom. The van der Waals surface area contributed by atoms with Crippen LogP contribution in [-0.4, -0.2) is 32.0 Å². The normalized spacial score (nSPS) is 13.0. The van der Waals surface area contributed by atoms with Crippen molar-refractivity contribution in [1.29, 1.82) is 0 Å². The third-order valence-electron chi connectivity index (χ3n) is 3.57. The fourth-order valence-corrected chi connectivity index (χ4v) is 2.46. The highest BCUT2D eigenvalue weighted by Gasteiger charge is 2.36. The van der Waals surface area contributed by atoms with Crippen molar-refractivity contribution in [3.8, 4) is 23.0 Å². The van der Waals surface area contributed by atoms with Crippen LogP contribution in [0.25, 0.3) is 0 Å². The monoisotopic (exact) mass is 286 g/mol. The molecular weight excluding hydrogens is 276 g/mol. The number of rotatable bonds is 0. The van der Waals surface area contributed by atoms with Crippen LogP contribution in [0.2, 0.25) is 0 Å². The summed E-state index contributed by atoms with van der Waals surface area (Å²) in [4.78, 5) is 24.8. The number of carbonyl (C=O) groups is 2. The number of benzene rings is 2. The Bertz CT molecular complexity index is 835. The lowest BCUT2D eigenvalue weighted by molar-refractivity contribution is 0.0973. The van der Waals surface area contributed by atoms with E-state index in [9.17, 15) is 30.0 Å². The lowest BCUT2D eigenvalue weighted by atomic mass is 9.82. The molecule has 6 nitrogen and oxygen atoms in total. The largest absolute Gasteiger partial charge is 0.508 e. The van der Waals surface area contributed by atoms with E-state index < -0.39 is 23.1 Å². The SMILES string of the molecule is Cc1c(O)cc2c(c1O)C(=O)c1c(O)cc(O)cc1C2=O. The first kappa shape index (κ1) is 13.0. The van der Waals surface area contributed by atoms with Crippen LogP contribution in [-0.2, 0) is 0 Å². The minimum absolute atomic E-state index is 0.0663. The lowest BCUT2D eigenvalue weighted by Crippen LogP contribution is -2.21. The number of fused-ring (bicyclic) bond motifs is 2. The quantitative estimate of drug-likeness (QED) is 0.499. The second-order valence-corrected chi connectivity index (χ2v) is 4.84. The molecule has 0 fully saturated rings. The molecule has 3 rings (SSSR count). The Hall–Kier alpha value is -3.02. The third kappa shape index (κ3) is 1.59. The number of carbonyl (C=O) groups excluding carboxylic acids is 2. The first-order valence-corrected chi connectivity index (χ1v) is 6.03. The second-order valence-electron chi connectivity index (χ2n) is 4.84. The molecule has 0 amide bonds. The minimum atomic E-state index is -0.738. The van der Waals surface area contributed by atoms with Gasteiger partial charge in [-0.25, -0.2) is 0 Å². The molecule has 1 aliphatic carbocycles. The van der Waals surface area contributed by atoms with E-state index in [1.165, 1.54) is 6.92 Å². The Balaban J connectivity index is 2.42. The van der Waals surface area contributed by atoms with Crippen molar-refractivity contribution in [2.75, 3.05) is 0 Å². The fourth-order valence-electron chi connectivity index (χ4n) is 2.46. The van der Waals surface area contributed by atoms with Crippen LogP contribution in [0.4, 0.5) is 0 Å². The van der Waals surface area contributed by atoms with Gasteiger partial charge in [0, 0.05) is 22.8 Å². The Morgan fingerprint density at radius 1 is 0.762 bits per heavy atom. The van der Waals surface area contributed by atoms with Gasteiger partial charge in [0.15, 0.2) is 5.78 Å². The van der Waals surface area contributed by atoms with E-state index in [1.807, 2.05) is 0 Å².